The number of carboxylic acid groups (broad SMARTS) is 1. The summed E-state index contributed by atoms with van der Waals surface area (Å²) in [6, 6.07) is 18.1. The van der Waals surface area contributed by atoms with Gasteiger partial charge in [-0.1, -0.05) is 42.0 Å². The molecule has 6 nitrogen and oxygen atoms in total. The van der Waals surface area contributed by atoms with Crippen molar-refractivity contribution in [3.63, 3.8) is 0 Å². The van der Waals surface area contributed by atoms with Gasteiger partial charge in [0.15, 0.2) is 0 Å². The molecular weight excluding hydrogens is 412 g/mol. The number of rotatable bonds is 7. The molecule has 1 aromatic heterocycles. The largest absolute Gasteiger partial charge is 0.481 e. The van der Waals surface area contributed by atoms with Crippen LogP contribution in [-0.4, -0.2) is 38.6 Å². The van der Waals surface area contributed by atoms with Gasteiger partial charge in [0.25, 0.3) is 0 Å². The van der Waals surface area contributed by atoms with Crippen LogP contribution < -0.4 is 0 Å². The van der Waals surface area contributed by atoms with Gasteiger partial charge in [0.1, 0.15) is 0 Å². The van der Waals surface area contributed by atoms with Crippen molar-refractivity contribution in [2.75, 3.05) is 13.1 Å². The van der Waals surface area contributed by atoms with Crippen LogP contribution in [0.1, 0.15) is 53.8 Å². The minimum atomic E-state index is -0.716. The zero-order chi connectivity index (χ0) is 23.4. The highest BCUT2D eigenvalue weighted by atomic mass is 16.4. The van der Waals surface area contributed by atoms with E-state index in [1.807, 2.05) is 61.9 Å². The first-order valence-corrected chi connectivity index (χ1v) is 11.4. The number of aliphatic carboxylic acids is 1. The third kappa shape index (κ3) is 4.99. The minimum absolute atomic E-state index is 0.136. The highest BCUT2D eigenvalue weighted by Gasteiger charge is 2.42. The van der Waals surface area contributed by atoms with Crippen molar-refractivity contribution in [3.8, 4) is 6.07 Å². The Kier molecular flexibility index (Phi) is 6.62. The molecule has 0 spiro atoms. The molecule has 1 aliphatic heterocycles. The van der Waals surface area contributed by atoms with E-state index < -0.39 is 11.4 Å². The number of nitrogens with zero attached hydrogens (tertiary/aromatic N) is 4. The lowest BCUT2D eigenvalue weighted by Crippen LogP contribution is -2.46. The summed E-state index contributed by atoms with van der Waals surface area (Å²) in [5, 5.41) is 19.1. The molecule has 33 heavy (non-hydrogen) atoms. The van der Waals surface area contributed by atoms with Gasteiger partial charge in [0, 0.05) is 18.8 Å². The Balaban J connectivity index is 1.45. The fraction of sp³-hybridized carbons (Fsp3) is 0.370. The van der Waals surface area contributed by atoms with Gasteiger partial charge in [-0.05, 0) is 69.5 Å². The first-order chi connectivity index (χ1) is 15.9. The van der Waals surface area contributed by atoms with Gasteiger partial charge in [0.05, 0.1) is 29.1 Å². The third-order valence-electron chi connectivity index (χ3n) is 6.99. The molecule has 0 radical (unpaired) electrons. The maximum Gasteiger partial charge on any atom is 0.310 e. The molecule has 2 aromatic carbocycles. The van der Waals surface area contributed by atoms with Crippen LogP contribution in [0.25, 0.3) is 0 Å². The molecule has 3 aromatic rings. The molecular formula is C27H30N4O2. The quantitative estimate of drug-likeness (QED) is 0.579. The second-order valence-electron chi connectivity index (χ2n) is 9.22. The summed E-state index contributed by atoms with van der Waals surface area (Å²) in [5.74, 6) is -0.692. The lowest BCUT2D eigenvalue weighted by molar-refractivity contribution is -0.152. The van der Waals surface area contributed by atoms with Crippen LogP contribution in [0.3, 0.4) is 0 Å². The van der Waals surface area contributed by atoms with E-state index in [-0.39, 0.29) is 6.04 Å². The molecule has 1 atom stereocenters. The van der Waals surface area contributed by atoms with Crippen LogP contribution in [0.2, 0.25) is 0 Å². The summed E-state index contributed by atoms with van der Waals surface area (Å²) in [4.78, 5) is 19.1. The summed E-state index contributed by atoms with van der Waals surface area (Å²) in [6.45, 7) is 6.37. The first kappa shape index (κ1) is 22.8. The van der Waals surface area contributed by atoms with E-state index in [1.165, 1.54) is 0 Å². The average Bonchev–Trinajstić information content (AvgIpc) is 3.27. The first-order valence-electron chi connectivity index (χ1n) is 11.4. The molecule has 2 heterocycles. The van der Waals surface area contributed by atoms with Crippen molar-refractivity contribution in [2.45, 2.75) is 45.7 Å². The van der Waals surface area contributed by atoms with Gasteiger partial charge < -0.3 is 9.67 Å². The van der Waals surface area contributed by atoms with Gasteiger partial charge in [-0.2, -0.15) is 5.26 Å². The molecule has 0 saturated carbocycles. The fourth-order valence-electron chi connectivity index (χ4n) is 4.90. The molecule has 1 unspecified atom stereocenters. The normalized spacial score (nSPS) is 16.8. The summed E-state index contributed by atoms with van der Waals surface area (Å²) >= 11 is 0. The summed E-state index contributed by atoms with van der Waals surface area (Å²) < 4.78 is 2.14. The molecule has 4 rings (SSSR count). The number of likely N-dealkylation sites (tertiary alicyclic amines) is 1. The van der Waals surface area contributed by atoms with Crippen LogP contribution in [0, 0.1) is 23.7 Å². The Hall–Kier alpha value is -3.43. The highest BCUT2D eigenvalue weighted by molar-refractivity contribution is 5.75. The Bertz CT molecular complexity index is 1150. The summed E-state index contributed by atoms with van der Waals surface area (Å²) in [6.07, 6.45) is 5.57. The lowest BCUT2D eigenvalue weighted by atomic mass is 9.73. The molecule has 6 heteroatoms. The molecule has 0 bridgehead atoms. The van der Waals surface area contributed by atoms with Crippen molar-refractivity contribution in [2.24, 2.45) is 5.41 Å². The zero-order valence-electron chi connectivity index (χ0n) is 19.2. The number of piperidine rings is 1. The van der Waals surface area contributed by atoms with E-state index in [2.05, 4.69) is 33.5 Å². The fourth-order valence-corrected chi connectivity index (χ4v) is 4.90. The number of aromatic nitrogens is 2. The van der Waals surface area contributed by atoms with E-state index in [0.717, 1.165) is 35.5 Å². The molecule has 1 fully saturated rings. The monoisotopic (exact) mass is 442 g/mol. The number of carbonyl (C=O) groups is 1. The van der Waals surface area contributed by atoms with Crippen LogP contribution in [0.5, 0.6) is 0 Å². The maximum absolute atomic E-state index is 12.3. The maximum atomic E-state index is 12.3. The summed E-state index contributed by atoms with van der Waals surface area (Å²) in [5.41, 5.74) is 4.42. The second kappa shape index (κ2) is 9.60. The van der Waals surface area contributed by atoms with E-state index in [4.69, 9.17) is 5.26 Å². The molecule has 1 saturated heterocycles. The van der Waals surface area contributed by atoms with Gasteiger partial charge in [0.2, 0.25) is 0 Å². The number of benzene rings is 2. The number of aryl methyl sites for hydroxylation is 1. The SMILES string of the molecule is Cc1cccc(CC2(C(=O)O)CCN(C(C)c3cncn3Cc3ccc(C#N)cc3)CC2)c1. The van der Waals surface area contributed by atoms with E-state index in [0.29, 0.717) is 31.4 Å². The Morgan fingerprint density at radius 1 is 1.18 bits per heavy atom. The van der Waals surface area contributed by atoms with E-state index in [9.17, 15) is 9.90 Å². The zero-order valence-corrected chi connectivity index (χ0v) is 19.2. The van der Waals surface area contributed by atoms with Crippen molar-refractivity contribution in [1.82, 2.24) is 14.5 Å². The van der Waals surface area contributed by atoms with Crippen LogP contribution in [-0.2, 0) is 17.8 Å². The number of hydrogen-bond donors (Lipinski definition) is 1. The van der Waals surface area contributed by atoms with Crippen molar-refractivity contribution >= 4 is 5.97 Å². The Morgan fingerprint density at radius 2 is 1.91 bits per heavy atom. The predicted octanol–water partition coefficient (Wildman–Crippen LogP) is 4.58. The third-order valence-corrected chi connectivity index (χ3v) is 6.99. The molecule has 1 N–H and O–H groups in total. The molecule has 1 aliphatic rings. The predicted molar refractivity (Wildman–Crippen MR) is 127 cm³/mol. The van der Waals surface area contributed by atoms with Crippen molar-refractivity contribution in [3.05, 3.63) is 89.0 Å². The average molecular weight is 443 g/mol. The molecule has 170 valence electrons. The van der Waals surface area contributed by atoms with Gasteiger partial charge >= 0.3 is 5.97 Å². The number of carboxylic acids is 1. The number of hydrogen-bond acceptors (Lipinski definition) is 4. The van der Waals surface area contributed by atoms with Crippen molar-refractivity contribution in [1.29, 1.82) is 5.26 Å². The van der Waals surface area contributed by atoms with Gasteiger partial charge in [-0.15, -0.1) is 0 Å². The number of nitriles is 1. The highest BCUT2D eigenvalue weighted by Crippen LogP contribution is 2.38. The van der Waals surface area contributed by atoms with Gasteiger partial charge in [-0.25, -0.2) is 4.98 Å². The topological polar surface area (TPSA) is 82.2 Å². The van der Waals surface area contributed by atoms with Crippen molar-refractivity contribution < 1.29 is 9.90 Å². The van der Waals surface area contributed by atoms with Crippen LogP contribution in [0.15, 0.2) is 61.1 Å². The summed E-state index contributed by atoms with van der Waals surface area (Å²) in [7, 11) is 0. The lowest BCUT2D eigenvalue weighted by Gasteiger charge is -2.41. The van der Waals surface area contributed by atoms with Crippen LogP contribution >= 0.6 is 0 Å². The van der Waals surface area contributed by atoms with Gasteiger partial charge in [-0.3, -0.25) is 9.69 Å². The van der Waals surface area contributed by atoms with Crippen LogP contribution in [0.4, 0.5) is 0 Å². The van der Waals surface area contributed by atoms with E-state index in [1.54, 1.807) is 0 Å². The standard InChI is InChI=1S/C27H30N4O2/c1-20-4-3-5-24(14-20)15-27(26(32)33)10-12-30(13-11-27)21(2)25-17-29-19-31(25)18-23-8-6-22(16-28)7-9-23/h3-9,14,17,19,21H,10-13,15,18H2,1-2H3,(H,32,33). The smallest absolute Gasteiger partial charge is 0.310 e. The second-order valence-corrected chi connectivity index (χ2v) is 9.22. The Morgan fingerprint density at radius 3 is 2.55 bits per heavy atom. The molecule has 0 aliphatic carbocycles. The number of imidazole rings is 1. The Labute approximate surface area is 195 Å². The van der Waals surface area contributed by atoms with E-state index >= 15 is 0 Å². The minimum Gasteiger partial charge on any atom is -0.481 e. The molecule has 0 amide bonds.